The van der Waals surface area contributed by atoms with Crippen LogP contribution in [0.2, 0.25) is 0 Å². The van der Waals surface area contributed by atoms with Crippen LogP contribution in [0.5, 0.6) is 0 Å². The van der Waals surface area contributed by atoms with Crippen molar-refractivity contribution in [2.75, 3.05) is 0 Å². The number of hydrogen-bond donors (Lipinski definition) is 1. The van der Waals surface area contributed by atoms with E-state index >= 15 is 0 Å². The minimum absolute atomic E-state index is 0.0677. The van der Waals surface area contributed by atoms with Crippen molar-refractivity contribution in [1.82, 2.24) is 15.0 Å². The van der Waals surface area contributed by atoms with Crippen LogP contribution in [0.15, 0.2) is 12.3 Å². The molecule has 1 fully saturated rings. The number of nitrogens with one attached hydrogen (secondary N) is 1. The van der Waals surface area contributed by atoms with E-state index in [2.05, 4.69) is 15.0 Å². The van der Waals surface area contributed by atoms with Crippen LogP contribution in [0.25, 0.3) is 11.2 Å². The number of H-pyrrole nitrogens is 1. The fourth-order valence-electron chi connectivity index (χ4n) is 2.03. The van der Waals surface area contributed by atoms with Gasteiger partial charge in [-0.2, -0.15) is 13.2 Å². The standard InChI is InChI=1S/C11H10F3N3/c12-11(13,14)7-4-5-15-10-8(7)16-9(17-10)6-2-1-3-6/h4-6H,1-3H2,(H,15,16,17). The molecule has 6 heteroatoms. The lowest BCUT2D eigenvalue weighted by molar-refractivity contribution is -0.136. The normalized spacial score (nSPS) is 17.4. The van der Waals surface area contributed by atoms with Gasteiger partial charge in [0, 0.05) is 12.1 Å². The molecule has 0 bridgehead atoms. The van der Waals surface area contributed by atoms with Gasteiger partial charge in [0.25, 0.3) is 0 Å². The third-order valence-electron chi connectivity index (χ3n) is 3.20. The molecule has 1 aliphatic rings. The molecule has 0 amide bonds. The number of aromatic nitrogens is 3. The molecule has 1 N–H and O–H groups in total. The van der Waals surface area contributed by atoms with Crippen LogP contribution in [-0.2, 0) is 6.18 Å². The Morgan fingerprint density at radius 3 is 2.65 bits per heavy atom. The first-order valence-electron chi connectivity index (χ1n) is 5.47. The lowest BCUT2D eigenvalue weighted by Crippen LogP contribution is -2.10. The molecule has 0 atom stereocenters. The number of halogens is 3. The van der Waals surface area contributed by atoms with Crippen LogP contribution in [0.1, 0.15) is 36.6 Å². The van der Waals surface area contributed by atoms with Crippen molar-refractivity contribution in [2.45, 2.75) is 31.4 Å². The van der Waals surface area contributed by atoms with E-state index in [-0.39, 0.29) is 17.1 Å². The molecule has 1 aliphatic carbocycles. The summed E-state index contributed by atoms with van der Waals surface area (Å²) in [5.41, 5.74) is -0.562. The van der Waals surface area contributed by atoms with Crippen LogP contribution < -0.4 is 0 Å². The van der Waals surface area contributed by atoms with Crippen molar-refractivity contribution in [3.63, 3.8) is 0 Å². The zero-order chi connectivity index (χ0) is 12.0. The molecule has 2 aromatic heterocycles. The van der Waals surface area contributed by atoms with Crippen molar-refractivity contribution < 1.29 is 13.2 Å². The average molecular weight is 241 g/mol. The zero-order valence-corrected chi connectivity index (χ0v) is 8.88. The van der Waals surface area contributed by atoms with Gasteiger partial charge < -0.3 is 4.98 Å². The van der Waals surface area contributed by atoms with E-state index in [9.17, 15) is 13.2 Å². The minimum Gasteiger partial charge on any atom is -0.326 e. The van der Waals surface area contributed by atoms with Crippen molar-refractivity contribution in [2.24, 2.45) is 0 Å². The maximum Gasteiger partial charge on any atom is 0.418 e. The van der Waals surface area contributed by atoms with E-state index in [4.69, 9.17) is 0 Å². The van der Waals surface area contributed by atoms with Gasteiger partial charge in [-0.3, -0.25) is 0 Å². The summed E-state index contributed by atoms with van der Waals surface area (Å²) in [6, 6.07) is 0.966. The highest BCUT2D eigenvalue weighted by Crippen LogP contribution is 2.37. The van der Waals surface area contributed by atoms with Gasteiger partial charge in [-0.1, -0.05) is 6.42 Å². The lowest BCUT2D eigenvalue weighted by Gasteiger charge is -2.22. The van der Waals surface area contributed by atoms with E-state index in [1.165, 1.54) is 0 Å². The van der Waals surface area contributed by atoms with Crippen LogP contribution in [0, 0.1) is 0 Å². The summed E-state index contributed by atoms with van der Waals surface area (Å²) in [4.78, 5) is 10.8. The highest BCUT2D eigenvalue weighted by Gasteiger charge is 2.34. The average Bonchev–Trinajstić information content (AvgIpc) is 2.55. The molecular weight excluding hydrogens is 231 g/mol. The van der Waals surface area contributed by atoms with Gasteiger partial charge in [-0.25, -0.2) is 9.97 Å². The van der Waals surface area contributed by atoms with Crippen LogP contribution in [0.3, 0.4) is 0 Å². The topological polar surface area (TPSA) is 41.6 Å². The molecule has 0 unspecified atom stereocenters. The third-order valence-corrected chi connectivity index (χ3v) is 3.20. The third kappa shape index (κ3) is 1.67. The second kappa shape index (κ2) is 3.45. The Balaban J connectivity index is 2.14. The number of alkyl halides is 3. The molecule has 1 saturated carbocycles. The Morgan fingerprint density at radius 1 is 1.29 bits per heavy atom. The first kappa shape index (κ1) is 10.6. The second-order valence-corrected chi connectivity index (χ2v) is 4.30. The smallest absolute Gasteiger partial charge is 0.326 e. The summed E-state index contributed by atoms with van der Waals surface area (Å²) in [6.07, 6.45) is -0.134. The molecule has 2 heterocycles. The van der Waals surface area contributed by atoms with Gasteiger partial charge in [0.1, 0.15) is 11.3 Å². The van der Waals surface area contributed by atoms with Crippen LogP contribution in [-0.4, -0.2) is 15.0 Å². The van der Waals surface area contributed by atoms with E-state index in [1.807, 2.05) is 0 Å². The molecule has 0 saturated heterocycles. The summed E-state index contributed by atoms with van der Waals surface area (Å²) >= 11 is 0. The van der Waals surface area contributed by atoms with Gasteiger partial charge >= 0.3 is 6.18 Å². The predicted octanol–water partition coefficient (Wildman–Crippen LogP) is 3.24. The number of fused-ring (bicyclic) bond motifs is 1. The Morgan fingerprint density at radius 2 is 2.06 bits per heavy atom. The first-order valence-corrected chi connectivity index (χ1v) is 5.47. The van der Waals surface area contributed by atoms with Crippen molar-refractivity contribution in [1.29, 1.82) is 0 Å². The Bertz CT molecular complexity index is 555. The summed E-state index contributed by atoms with van der Waals surface area (Å²) in [6.45, 7) is 0. The molecular formula is C11H10F3N3. The fourth-order valence-corrected chi connectivity index (χ4v) is 2.03. The summed E-state index contributed by atoms with van der Waals surface area (Å²) < 4.78 is 38.2. The Kier molecular flexibility index (Phi) is 2.14. The number of imidazole rings is 1. The molecule has 0 radical (unpaired) electrons. The molecule has 90 valence electrons. The molecule has 3 rings (SSSR count). The van der Waals surface area contributed by atoms with Gasteiger partial charge in [0.05, 0.1) is 5.56 Å². The molecule has 2 aromatic rings. The summed E-state index contributed by atoms with van der Waals surface area (Å²) in [7, 11) is 0. The van der Waals surface area contributed by atoms with E-state index in [0.717, 1.165) is 31.5 Å². The van der Waals surface area contributed by atoms with E-state index < -0.39 is 11.7 Å². The van der Waals surface area contributed by atoms with Crippen molar-refractivity contribution in [3.8, 4) is 0 Å². The lowest BCUT2D eigenvalue weighted by atomic mass is 9.85. The number of nitrogens with zero attached hydrogens (tertiary/aromatic N) is 2. The van der Waals surface area contributed by atoms with E-state index in [1.54, 1.807) is 0 Å². The number of rotatable bonds is 1. The first-order chi connectivity index (χ1) is 8.05. The van der Waals surface area contributed by atoms with Crippen molar-refractivity contribution in [3.05, 3.63) is 23.7 Å². The monoisotopic (exact) mass is 241 g/mol. The zero-order valence-electron chi connectivity index (χ0n) is 8.88. The quantitative estimate of drug-likeness (QED) is 0.832. The SMILES string of the molecule is FC(F)(F)c1ccnc2[nH]c(C3CCC3)nc12. The molecule has 17 heavy (non-hydrogen) atoms. The summed E-state index contributed by atoms with van der Waals surface area (Å²) in [5, 5.41) is 0. The summed E-state index contributed by atoms with van der Waals surface area (Å²) in [5.74, 6) is 0.903. The number of hydrogen-bond acceptors (Lipinski definition) is 2. The van der Waals surface area contributed by atoms with Gasteiger partial charge in [0.15, 0.2) is 5.65 Å². The maximum atomic E-state index is 12.7. The fraction of sp³-hybridized carbons (Fsp3) is 0.455. The minimum atomic E-state index is -4.38. The van der Waals surface area contributed by atoms with E-state index in [0.29, 0.717) is 5.82 Å². The molecule has 0 spiro atoms. The second-order valence-electron chi connectivity index (χ2n) is 4.30. The van der Waals surface area contributed by atoms with Crippen LogP contribution in [0.4, 0.5) is 13.2 Å². The van der Waals surface area contributed by atoms with Gasteiger partial charge in [0.2, 0.25) is 0 Å². The Labute approximate surface area is 95.1 Å². The highest BCUT2D eigenvalue weighted by atomic mass is 19.4. The van der Waals surface area contributed by atoms with Crippen LogP contribution >= 0.6 is 0 Å². The van der Waals surface area contributed by atoms with Gasteiger partial charge in [-0.05, 0) is 18.9 Å². The molecule has 0 aromatic carbocycles. The maximum absolute atomic E-state index is 12.7. The highest BCUT2D eigenvalue weighted by molar-refractivity contribution is 5.75. The Hall–Kier alpha value is -1.59. The number of pyridine rings is 1. The van der Waals surface area contributed by atoms with Gasteiger partial charge in [-0.15, -0.1) is 0 Å². The van der Waals surface area contributed by atoms with Crippen molar-refractivity contribution >= 4 is 11.2 Å². The number of aromatic amines is 1. The largest absolute Gasteiger partial charge is 0.418 e. The molecule has 0 aliphatic heterocycles. The molecule has 3 nitrogen and oxygen atoms in total. The predicted molar refractivity (Wildman–Crippen MR) is 55.5 cm³/mol.